The van der Waals surface area contributed by atoms with Crippen LogP contribution in [0.1, 0.15) is 29.6 Å². The zero-order chi connectivity index (χ0) is 15.8. The van der Waals surface area contributed by atoms with Crippen LogP contribution in [0.25, 0.3) is 0 Å². The Morgan fingerprint density at radius 2 is 1.79 bits per heavy atom. The number of benzene rings is 1. The van der Waals surface area contributed by atoms with E-state index in [2.05, 4.69) is 10.6 Å². The zero-order valence-electron chi connectivity index (χ0n) is 13.5. The molecule has 2 atom stereocenters. The average molecular weight is 351 g/mol. The summed E-state index contributed by atoms with van der Waals surface area (Å²) in [6.45, 7) is 2.96. The Bertz CT molecular complexity index is 622. The van der Waals surface area contributed by atoms with Gasteiger partial charge in [-0.3, -0.25) is 9.69 Å². The molecule has 130 valence electrons. The number of halogens is 1. The number of amides is 3. The molecule has 0 spiro atoms. The lowest BCUT2D eigenvalue weighted by molar-refractivity contribution is 0.0748. The minimum Gasteiger partial charge on any atom is -0.337 e. The Labute approximate surface area is 148 Å². The first kappa shape index (κ1) is 17.0. The second-order valence-electron chi connectivity index (χ2n) is 6.61. The van der Waals surface area contributed by atoms with Crippen molar-refractivity contribution < 1.29 is 9.59 Å². The first-order valence-electron chi connectivity index (χ1n) is 8.41. The molecule has 2 N–H and O–H groups in total. The second kappa shape index (κ2) is 6.99. The molecule has 0 aliphatic carbocycles. The van der Waals surface area contributed by atoms with Crippen LogP contribution in [-0.2, 0) is 0 Å². The molecule has 1 aromatic carbocycles. The smallest absolute Gasteiger partial charge is 0.321 e. The van der Waals surface area contributed by atoms with Gasteiger partial charge in [0.1, 0.15) is 0 Å². The molecule has 3 aliphatic heterocycles. The van der Waals surface area contributed by atoms with E-state index < -0.39 is 0 Å². The van der Waals surface area contributed by atoms with Crippen LogP contribution in [0.3, 0.4) is 0 Å². The van der Waals surface area contributed by atoms with E-state index in [1.807, 2.05) is 29.2 Å². The number of nitrogens with zero attached hydrogens (tertiary/aromatic N) is 2. The average Bonchev–Trinajstić information content (AvgIpc) is 3.12. The molecule has 3 fully saturated rings. The van der Waals surface area contributed by atoms with Crippen molar-refractivity contribution >= 4 is 30.0 Å². The van der Waals surface area contributed by atoms with Crippen molar-refractivity contribution in [2.45, 2.75) is 31.3 Å². The van der Waals surface area contributed by atoms with Crippen LogP contribution in [0.4, 0.5) is 10.5 Å². The largest absolute Gasteiger partial charge is 0.337 e. The summed E-state index contributed by atoms with van der Waals surface area (Å²) in [7, 11) is 0. The fraction of sp³-hybridized carbons (Fsp3) is 0.529. The van der Waals surface area contributed by atoms with Crippen molar-refractivity contribution in [3.05, 3.63) is 29.8 Å². The molecule has 4 rings (SSSR count). The van der Waals surface area contributed by atoms with Gasteiger partial charge in [-0.1, -0.05) is 0 Å². The molecule has 3 aliphatic rings. The number of rotatable bonds is 2. The third kappa shape index (κ3) is 3.21. The third-order valence-corrected chi connectivity index (χ3v) is 5.09. The molecule has 24 heavy (non-hydrogen) atoms. The first-order valence-corrected chi connectivity index (χ1v) is 8.41. The van der Waals surface area contributed by atoms with Gasteiger partial charge < -0.3 is 15.5 Å². The van der Waals surface area contributed by atoms with E-state index >= 15 is 0 Å². The van der Waals surface area contributed by atoms with Gasteiger partial charge in [0.15, 0.2) is 0 Å². The number of fused-ring (bicyclic) bond motifs is 2. The number of hydrogen-bond acceptors (Lipinski definition) is 3. The molecule has 3 amide bonds. The van der Waals surface area contributed by atoms with Gasteiger partial charge in [-0.05, 0) is 43.5 Å². The minimum atomic E-state index is -0.0707. The Hall–Kier alpha value is -1.79. The van der Waals surface area contributed by atoms with Crippen molar-refractivity contribution in [3.63, 3.8) is 0 Å². The van der Waals surface area contributed by atoms with Gasteiger partial charge >= 0.3 is 6.03 Å². The van der Waals surface area contributed by atoms with Crippen LogP contribution in [-0.4, -0.2) is 55.1 Å². The van der Waals surface area contributed by atoms with Gasteiger partial charge in [0.25, 0.3) is 5.91 Å². The number of anilines is 1. The summed E-state index contributed by atoms with van der Waals surface area (Å²) in [5.74, 6) is 0.0942. The van der Waals surface area contributed by atoms with Crippen molar-refractivity contribution in [2.24, 2.45) is 0 Å². The molecule has 2 unspecified atom stereocenters. The Kier molecular flexibility index (Phi) is 4.96. The topological polar surface area (TPSA) is 64.7 Å². The molecule has 7 heteroatoms. The van der Waals surface area contributed by atoms with Gasteiger partial charge in [-0.2, -0.15) is 0 Å². The highest BCUT2D eigenvalue weighted by atomic mass is 35.5. The Morgan fingerprint density at radius 3 is 2.50 bits per heavy atom. The van der Waals surface area contributed by atoms with E-state index in [0.717, 1.165) is 31.6 Å². The quantitative estimate of drug-likeness (QED) is 0.851. The van der Waals surface area contributed by atoms with E-state index in [0.29, 0.717) is 30.7 Å². The lowest BCUT2D eigenvalue weighted by Crippen LogP contribution is -2.39. The number of nitrogens with one attached hydrogen (secondary N) is 2. The highest BCUT2D eigenvalue weighted by Crippen LogP contribution is 2.23. The molecule has 6 nitrogen and oxygen atoms in total. The fourth-order valence-corrected chi connectivity index (χ4v) is 3.81. The first-order chi connectivity index (χ1) is 11.2. The molecule has 0 saturated carbocycles. The van der Waals surface area contributed by atoms with Gasteiger partial charge in [0.2, 0.25) is 0 Å². The fourth-order valence-electron chi connectivity index (χ4n) is 3.81. The van der Waals surface area contributed by atoms with Crippen LogP contribution in [0.15, 0.2) is 24.3 Å². The van der Waals surface area contributed by atoms with E-state index in [4.69, 9.17) is 0 Å². The Morgan fingerprint density at radius 1 is 1.04 bits per heavy atom. The maximum atomic E-state index is 12.7. The molecular weight excluding hydrogens is 328 g/mol. The molecule has 3 heterocycles. The van der Waals surface area contributed by atoms with Crippen LogP contribution in [0.2, 0.25) is 0 Å². The predicted octanol–water partition coefficient (Wildman–Crippen LogP) is 1.60. The maximum Gasteiger partial charge on any atom is 0.321 e. The SMILES string of the molecule is Cl.O=C(c1ccc(N2CCNC2=O)cc1)N1CCC2CCC(C1)N2. The molecule has 0 aromatic heterocycles. The van der Waals surface area contributed by atoms with Crippen LogP contribution in [0.5, 0.6) is 0 Å². The monoisotopic (exact) mass is 350 g/mol. The number of hydrogen-bond donors (Lipinski definition) is 2. The van der Waals surface area contributed by atoms with Gasteiger partial charge in [0, 0.05) is 49.5 Å². The molecular formula is C17H23ClN4O2. The van der Waals surface area contributed by atoms with Crippen molar-refractivity contribution in [1.29, 1.82) is 0 Å². The summed E-state index contributed by atoms with van der Waals surface area (Å²) in [6.07, 6.45) is 3.44. The predicted molar refractivity (Wildman–Crippen MR) is 94.9 cm³/mol. The summed E-state index contributed by atoms with van der Waals surface area (Å²) in [6, 6.07) is 8.34. The summed E-state index contributed by atoms with van der Waals surface area (Å²) in [5.41, 5.74) is 1.54. The Balaban J connectivity index is 0.00000169. The van der Waals surface area contributed by atoms with Gasteiger partial charge in [0.05, 0.1) is 0 Å². The van der Waals surface area contributed by atoms with E-state index in [-0.39, 0.29) is 24.3 Å². The molecule has 3 saturated heterocycles. The lowest BCUT2D eigenvalue weighted by atomic mass is 10.1. The minimum absolute atomic E-state index is 0. The van der Waals surface area contributed by atoms with Crippen LogP contribution >= 0.6 is 12.4 Å². The van der Waals surface area contributed by atoms with Crippen LogP contribution < -0.4 is 15.5 Å². The number of carbonyl (C=O) groups excluding carboxylic acids is 2. The van der Waals surface area contributed by atoms with E-state index in [9.17, 15) is 9.59 Å². The third-order valence-electron chi connectivity index (χ3n) is 5.09. The number of urea groups is 1. The zero-order valence-corrected chi connectivity index (χ0v) is 14.3. The molecule has 2 bridgehead atoms. The standard InChI is InChI=1S/C17H22N4O2.ClH/c22-16(20-9-7-13-3-4-14(11-20)19-13)12-1-5-15(6-2-12)21-10-8-18-17(21)23;/h1-2,5-6,13-14,19H,3-4,7-11H2,(H,18,23);1H. The summed E-state index contributed by atoms with van der Waals surface area (Å²) < 4.78 is 0. The highest BCUT2D eigenvalue weighted by molar-refractivity contribution is 5.97. The van der Waals surface area contributed by atoms with E-state index in [1.54, 1.807) is 4.90 Å². The summed E-state index contributed by atoms with van der Waals surface area (Å²) in [5, 5.41) is 6.38. The van der Waals surface area contributed by atoms with Crippen molar-refractivity contribution in [3.8, 4) is 0 Å². The normalized spacial score (nSPS) is 25.9. The van der Waals surface area contributed by atoms with Crippen molar-refractivity contribution in [2.75, 3.05) is 31.1 Å². The summed E-state index contributed by atoms with van der Waals surface area (Å²) in [4.78, 5) is 28.1. The number of likely N-dealkylation sites (tertiary alicyclic amines) is 1. The van der Waals surface area contributed by atoms with Crippen LogP contribution in [0, 0.1) is 0 Å². The van der Waals surface area contributed by atoms with Gasteiger partial charge in [-0.25, -0.2) is 4.79 Å². The van der Waals surface area contributed by atoms with Crippen molar-refractivity contribution in [1.82, 2.24) is 15.5 Å². The molecule has 0 radical (unpaired) electrons. The second-order valence-corrected chi connectivity index (χ2v) is 6.61. The highest BCUT2D eigenvalue weighted by Gasteiger charge is 2.31. The lowest BCUT2D eigenvalue weighted by Gasteiger charge is -2.24. The van der Waals surface area contributed by atoms with E-state index in [1.165, 1.54) is 6.42 Å². The number of carbonyl (C=O) groups is 2. The maximum absolute atomic E-state index is 12.7. The van der Waals surface area contributed by atoms with Gasteiger partial charge in [-0.15, -0.1) is 12.4 Å². The summed E-state index contributed by atoms with van der Waals surface area (Å²) >= 11 is 0. The molecule has 1 aromatic rings.